The van der Waals surface area contributed by atoms with Gasteiger partial charge in [0.2, 0.25) is 5.91 Å². The summed E-state index contributed by atoms with van der Waals surface area (Å²) in [4.78, 5) is 24.1. The van der Waals surface area contributed by atoms with Crippen LogP contribution in [-0.2, 0) is 9.59 Å². The molecule has 0 radical (unpaired) electrons. The lowest BCUT2D eigenvalue weighted by atomic mass is 9.86. The first-order valence-corrected chi connectivity index (χ1v) is 8.03. The van der Waals surface area contributed by atoms with Crippen molar-refractivity contribution in [3.8, 4) is 0 Å². The molecule has 0 saturated carbocycles. The fourth-order valence-corrected chi connectivity index (χ4v) is 2.48. The highest BCUT2D eigenvalue weighted by Gasteiger charge is 2.48. The van der Waals surface area contributed by atoms with Crippen LogP contribution in [0.15, 0.2) is 23.3 Å². The number of benzene rings is 1. The van der Waals surface area contributed by atoms with Crippen molar-refractivity contribution in [2.45, 2.75) is 25.7 Å². The fourth-order valence-electron chi connectivity index (χ4n) is 2.48. The lowest BCUT2D eigenvalue weighted by Gasteiger charge is -2.30. The van der Waals surface area contributed by atoms with Crippen molar-refractivity contribution < 1.29 is 23.5 Å². The highest BCUT2D eigenvalue weighted by Crippen LogP contribution is 2.21. The van der Waals surface area contributed by atoms with E-state index in [-0.39, 0.29) is 18.2 Å². The zero-order chi connectivity index (χ0) is 20.2. The van der Waals surface area contributed by atoms with Gasteiger partial charge >= 0.3 is 0 Å². The smallest absolute Gasteiger partial charge is 0.270 e. The first-order chi connectivity index (χ1) is 12.7. The van der Waals surface area contributed by atoms with Crippen LogP contribution in [0.3, 0.4) is 0 Å². The minimum absolute atomic E-state index is 0.125. The van der Waals surface area contributed by atoms with E-state index >= 15 is 0 Å². The van der Waals surface area contributed by atoms with Crippen molar-refractivity contribution >= 4 is 29.4 Å². The fraction of sp³-hybridized carbons (Fsp3) is 0.375. The number of aliphatic hydroxyl groups excluding tert-OH is 1. The van der Waals surface area contributed by atoms with Crippen LogP contribution in [0.2, 0.25) is 0 Å². The van der Waals surface area contributed by atoms with E-state index < -0.39 is 41.1 Å². The molecule has 2 atom stereocenters. The van der Waals surface area contributed by atoms with E-state index in [1.807, 2.05) is 0 Å². The van der Waals surface area contributed by atoms with Gasteiger partial charge in [0.15, 0.2) is 12.2 Å². The molecule has 9 nitrogen and oxygen atoms in total. The molecule has 1 aliphatic rings. The first kappa shape index (κ1) is 20.4. The molecule has 146 valence electrons. The Labute approximate surface area is 153 Å². The Balaban J connectivity index is 1.93. The molecule has 6 N–H and O–H groups in total. The van der Waals surface area contributed by atoms with Crippen LogP contribution in [0.5, 0.6) is 0 Å². The third-order valence-corrected chi connectivity index (χ3v) is 4.14. The van der Waals surface area contributed by atoms with E-state index in [0.29, 0.717) is 6.07 Å². The molecule has 0 bridgehead atoms. The molecule has 2 unspecified atom stereocenters. The number of aliphatic hydroxyl groups is 1. The molecule has 11 heteroatoms. The number of hydrogen-bond acceptors (Lipinski definition) is 7. The summed E-state index contributed by atoms with van der Waals surface area (Å²) in [7, 11) is 0. The standard InChI is InChI=1S/C16H20F2N6O3/c1-8(2)16(14(26)22-15(27)23-16)7-20-13(25)11(19)6-21-24-12-4-3-9(17)5-10(12)18/h3-6,8,15,19,23-24,27H,7H2,1-2H3,(H,20,25)(H,22,26)/b19-11?,21-6-. The predicted octanol–water partition coefficient (Wildman–Crippen LogP) is -0.111. The summed E-state index contributed by atoms with van der Waals surface area (Å²) >= 11 is 0. The quantitative estimate of drug-likeness (QED) is 0.289. The average Bonchev–Trinajstić information content (AvgIpc) is 2.89. The molecule has 0 aliphatic carbocycles. The van der Waals surface area contributed by atoms with Crippen LogP contribution >= 0.6 is 0 Å². The van der Waals surface area contributed by atoms with Crippen LogP contribution in [-0.4, -0.2) is 47.3 Å². The normalized spacial score (nSPS) is 22.1. The molecule has 1 aromatic rings. The molecule has 1 heterocycles. The number of anilines is 1. The topological polar surface area (TPSA) is 139 Å². The number of rotatable bonds is 7. The number of nitrogens with zero attached hydrogens (tertiary/aromatic N) is 1. The molecule has 2 amide bonds. The molecule has 2 rings (SSSR count). The summed E-state index contributed by atoms with van der Waals surface area (Å²) in [5.74, 6) is -3.18. The van der Waals surface area contributed by atoms with Crippen molar-refractivity contribution in [3.63, 3.8) is 0 Å². The van der Waals surface area contributed by atoms with Crippen LogP contribution in [0.4, 0.5) is 14.5 Å². The molecular formula is C16H20F2N6O3. The van der Waals surface area contributed by atoms with Crippen molar-refractivity contribution in [2.24, 2.45) is 11.0 Å². The zero-order valence-corrected chi connectivity index (χ0v) is 14.6. The highest BCUT2D eigenvalue weighted by atomic mass is 19.1. The van der Waals surface area contributed by atoms with Crippen molar-refractivity contribution in [1.82, 2.24) is 16.0 Å². The van der Waals surface area contributed by atoms with Gasteiger partial charge < -0.3 is 15.7 Å². The van der Waals surface area contributed by atoms with Gasteiger partial charge in [-0.15, -0.1) is 0 Å². The maximum atomic E-state index is 13.4. The maximum absolute atomic E-state index is 13.4. The molecule has 1 fully saturated rings. The largest absolute Gasteiger partial charge is 0.361 e. The van der Waals surface area contributed by atoms with E-state index in [0.717, 1.165) is 18.3 Å². The number of hydrazone groups is 1. The lowest BCUT2D eigenvalue weighted by Crippen LogP contribution is -2.59. The van der Waals surface area contributed by atoms with E-state index in [1.54, 1.807) is 13.8 Å². The molecule has 27 heavy (non-hydrogen) atoms. The number of hydrogen-bond donors (Lipinski definition) is 6. The van der Waals surface area contributed by atoms with Gasteiger partial charge in [-0.1, -0.05) is 13.8 Å². The Morgan fingerprint density at radius 3 is 2.74 bits per heavy atom. The van der Waals surface area contributed by atoms with Crippen molar-refractivity contribution in [2.75, 3.05) is 12.0 Å². The summed E-state index contributed by atoms with van der Waals surface area (Å²) in [6.07, 6.45) is -0.385. The number of amides is 2. The van der Waals surface area contributed by atoms with Crippen LogP contribution in [0.25, 0.3) is 0 Å². The van der Waals surface area contributed by atoms with E-state index in [4.69, 9.17) is 5.41 Å². The van der Waals surface area contributed by atoms with Gasteiger partial charge in [0.05, 0.1) is 11.9 Å². The number of carbonyl (C=O) groups excluding carboxylic acids is 2. The van der Waals surface area contributed by atoms with Crippen LogP contribution in [0, 0.1) is 23.0 Å². The summed E-state index contributed by atoms with van der Waals surface area (Å²) in [6.45, 7) is 3.32. The SMILES string of the molecule is CC(C)C1(CNC(=O)C(=N)/C=N\Nc2ccc(F)cc2F)NC(O)NC1=O. The lowest BCUT2D eigenvalue weighted by molar-refractivity contribution is -0.126. The van der Waals surface area contributed by atoms with Gasteiger partial charge in [-0.3, -0.25) is 25.7 Å². The summed E-state index contributed by atoms with van der Waals surface area (Å²) in [6, 6.07) is 2.81. The van der Waals surface area contributed by atoms with Gasteiger partial charge in [-0.2, -0.15) is 5.10 Å². The number of halogens is 2. The summed E-state index contributed by atoms with van der Waals surface area (Å²) in [5, 5.41) is 28.2. The number of carbonyl (C=O) groups is 2. The third kappa shape index (κ3) is 4.63. The van der Waals surface area contributed by atoms with Gasteiger partial charge in [0, 0.05) is 12.6 Å². The predicted molar refractivity (Wildman–Crippen MR) is 94.1 cm³/mol. The van der Waals surface area contributed by atoms with Crippen LogP contribution in [0.1, 0.15) is 13.8 Å². The van der Waals surface area contributed by atoms with E-state index in [9.17, 15) is 23.5 Å². The Morgan fingerprint density at radius 1 is 1.48 bits per heavy atom. The Hall–Kier alpha value is -2.92. The molecule has 0 spiro atoms. The van der Waals surface area contributed by atoms with Gasteiger partial charge in [-0.05, 0) is 18.1 Å². The van der Waals surface area contributed by atoms with E-state index in [2.05, 4.69) is 26.5 Å². The van der Waals surface area contributed by atoms with Gasteiger partial charge in [-0.25, -0.2) is 8.78 Å². The third-order valence-electron chi connectivity index (χ3n) is 4.14. The highest BCUT2D eigenvalue weighted by molar-refractivity contribution is 6.59. The number of nitrogens with one attached hydrogen (secondary N) is 5. The second-order valence-electron chi connectivity index (χ2n) is 6.24. The molecule has 1 aliphatic heterocycles. The second-order valence-corrected chi connectivity index (χ2v) is 6.24. The monoisotopic (exact) mass is 382 g/mol. The van der Waals surface area contributed by atoms with Crippen LogP contribution < -0.4 is 21.4 Å². The van der Waals surface area contributed by atoms with Gasteiger partial charge in [0.1, 0.15) is 17.1 Å². The molecule has 1 saturated heterocycles. The minimum atomic E-state index is -1.23. The second kappa shape index (κ2) is 8.18. The minimum Gasteiger partial charge on any atom is -0.361 e. The Bertz CT molecular complexity index is 785. The molecule has 1 aromatic carbocycles. The first-order valence-electron chi connectivity index (χ1n) is 8.03. The zero-order valence-electron chi connectivity index (χ0n) is 14.6. The molecule has 0 aromatic heterocycles. The average molecular weight is 382 g/mol. The summed E-state index contributed by atoms with van der Waals surface area (Å²) < 4.78 is 26.3. The molecular weight excluding hydrogens is 362 g/mol. The summed E-state index contributed by atoms with van der Waals surface area (Å²) in [5.41, 5.74) is 0.361. The van der Waals surface area contributed by atoms with Gasteiger partial charge in [0.25, 0.3) is 5.91 Å². The van der Waals surface area contributed by atoms with E-state index in [1.165, 1.54) is 0 Å². The Kier molecular flexibility index (Phi) is 6.18. The Morgan fingerprint density at radius 2 is 2.19 bits per heavy atom. The van der Waals surface area contributed by atoms with Crippen molar-refractivity contribution in [3.05, 3.63) is 29.8 Å². The van der Waals surface area contributed by atoms with Crippen molar-refractivity contribution in [1.29, 1.82) is 5.41 Å². The maximum Gasteiger partial charge on any atom is 0.270 e.